The molecule has 0 bridgehead atoms. The van der Waals surface area contributed by atoms with Gasteiger partial charge in [0, 0.05) is 24.7 Å². The standard InChI is InChI=1S/C14H20N2O2/c1-10(2)18-13-5-3-4-12(7-13)16-9-11(8-15)6-14(16)17/h3-5,7,10-11H,6,8-9,15H2,1-2H3. The molecule has 0 spiro atoms. The van der Waals surface area contributed by atoms with Crippen molar-refractivity contribution in [3.8, 4) is 5.75 Å². The van der Waals surface area contributed by atoms with Crippen molar-refractivity contribution >= 4 is 11.6 Å². The zero-order valence-electron chi connectivity index (χ0n) is 10.9. The molecule has 1 aromatic carbocycles. The average Bonchev–Trinajstić information content (AvgIpc) is 2.70. The third kappa shape index (κ3) is 2.82. The van der Waals surface area contributed by atoms with Gasteiger partial charge in [0.1, 0.15) is 5.75 Å². The van der Waals surface area contributed by atoms with Crippen LogP contribution in [0.2, 0.25) is 0 Å². The highest BCUT2D eigenvalue weighted by molar-refractivity contribution is 5.95. The van der Waals surface area contributed by atoms with Gasteiger partial charge in [0.25, 0.3) is 0 Å². The minimum absolute atomic E-state index is 0.131. The predicted molar refractivity (Wildman–Crippen MR) is 71.7 cm³/mol. The SMILES string of the molecule is CC(C)Oc1cccc(N2CC(CN)CC2=O)c1. The predicted octanol–water partition coefficient (Wildman–Crippen LogP) is 1.79. The summed E-state index contributed by atoms with van der Waals surface area (Å²) in [5.41, 5.74) is 6.53. The monoisotopic (exact) mass is 248 g/mol. The van der Waals surface area contributed by atoms with Crippen LogP contribution in [0.1, 0.15) is 20.3 Å². The molecule has 18 heavy (non-hydrogen) atoms. The van der Waals surface area contributed by atoms with Crippen molar-refractivity contribution in [2.75, 3.05) is 18.0 Å². The van der Waals surface area contributed by atoms with E-state index in [1.807, 2.05) is 38.1 Å². The number of ether oxygens (including phenoxy) is 1. The van der Waals surface area contributed by atoms with Gasteiger partial charge in [-0.15, -0.1) is 0 Å². The molecule has 1 unspecified atom stereocenters. The van der Waals surface area contributed by atoms with E-state index in [2.05, 4.69) is 0 Å². The molecule has 1 aliphatic heterocycles. The van der Waals surface area contributed by atoms with Crippen LogP contribution in [0, 0.1) is 5.92 Å². The number of benzene rings is 1. The summed E-state index contributed by atoms with van der Waals surface area (Å²) < 4.78 is 5.64. The van der Waals surface area contributed by atoms with Gasteiger partial charge in [-0.3, -0.25) is 4.79 Å². The van der Waals surface area contributed by atoms with Crippen molar-refractivity contribution in [1.82, 2.24) is 0 Å². The zero-order valence-corrected chi connectivity index (χ0v) is 10.9. The zero-order chi connectivity index (χ0) is 13.1. The number of rotatable bonds is 4. The normalized spacial score (nSPS) is 19.7. The number of carbonyl (C=O) groups excluding carboxylic acids is 1. The maximum atomic E-state index is 11.9. The summed E-state index contributed by atoms with van der Waals surface area (Å²) in [6.07, 6.45) is 0.678. The van der Waals surface area contributed by atoms with Crippen LogP contribution in [0.4, 0.5) is 5.69 Å². The van der Waals surface area contributed by atoms with Gasteiger partial charge in [0.05, 0.1) is 6.10 Å². The third-order valence-corrected chi connectivity index (χ3v) is 3.04. The van der Waals surface area contributed by atoms with E-state index in [9.17, 15) is 4.79 Å². The van der Waals surface area contributed by atoms with Crippen LogP contribution >= 0.6 is 0 Å². The first-order chi connectivity index (χ1) is 8.60. The number of hydrogen-bond donors (Lipinski definition) is 1. The summed E-state index contributed by atoms with van der Waals surface area (Å²) in [5.74, 6) is 1.21. The first-order valence-corrected chi connectivity index (χ1v) is 6.37. The lowest BCUT2D eigenvalue weighted by molar-refractivity contribution is -0.117. The maximum Gasteiger partial charge on any atom is 0.227 e. The molecule has 4 heteroatoms. The van der Waals surface area contributed by atoms with E-state index in [1.54, 1.807) is 4.90 Å². The molecular formula is C14H20N2O2. The average molecular weight is 248 g/mol. The van der Waals surface area contributed by atoms with Crippen molar-refractivity contribution in [2.24, 2.45) is 11.7 Å². The Morgan fingerprint density at radius 2 is 2.28 bits per heavy atom. The summed E-state index contributed by atoms with van der Waals surface area (Å²) in [7, 11) is 0. The summed E-state index contributed by atoms with van der Waals surface area (Å²) >= 11 is 0. The number of amides is 1. The number of carbonyl (C=O) groups is 1. The minimum Gasteiger partial charge on any atom is -0.491 e. The van der Waals surface area contributed by atoms with Crippen LogP contribution in [0.25, 0.3) is 0 Å². The fraction of sp³-hybridized carbons (Fsp3) is 0.500. The first-order valence-electron chi connectivity index (χ1n) is 6.37. The van der Waals surface area contributed by atoms with Crippen LogP contribution in [0.3, 0.4) is 0 Å². The summed E-state index contributed by atoms with van der Waals surface area (Å²) in [4.78, 5) is 13.7. The van der Waals surface area contributed by atoms with Crippen molar-refractivity contribution < 1.29 is 9.53 Å². The highest BCUT2D eigenvalue weighted by Crippen LogP contribution is 2.27. The van der Waals surface area contributed by atoms with Gasteiger partial charge in [0.2, 0.25) is 5.91 Å². The molecule has 0 saturated carbocycles. The molecule has 1 saturated heterocycles. The molecule has 1 aliphatic rings. The lowest BCUT2D eigenvalue weighted by atomic mass is 10.1. The maximum absolute atomic E-state index is 11.9. The van der Waals surface area contributed by atoms with Gasteiger partial charge in [0.15, 0.2) is 0 Å². The van der Waals surface area contributed by atoms with Gasteiger partial charge in [-0.25, -0.2) is 0 Å². The van der Waals surface area contributed by atoms with E-state index < -0.39 is 0 Å². The molecule has 2 rings (SSSR count). The topological polar surface area (TPSA) is 55.6 Å². The Balaban J connectivity index is 2.16. The van der Waals surface area contributed by atoms with Gasteiger partial charge in [-0.1, -0.05) is 6.07 Å². The fourth-order valence-electron chi connectivity index (χ4n) is 2.19. The number of nitrogens with zero attached hydrogens (tertiary/aromatic N) is 1. The Hall–Kier alpha value is -1.55. The van der Waals surface area contributed by atoms with Crippen LogP contribution in [0.15, 0.2) is 24.3 Å². The highest BCUT2D eigenvalue weighted by atomic mass is 16.5. The Kier molecular flexibility index (Phi) is 3.87. The third-order valence-electron chi connectivity index (χ3n) is 3.04. The summed E-state index contributed by atoms with van der Waals surface area (Å²) in [5, 5.41) is 0. The van der Waals surface area contributed by atoms with E-state index in [4.69, 9.17) is 10.5 Å². The fourth-order valence-corrected chi connectivity index (χ4v) is 2.19. The molecule has 1 fully saturated rings. The quantitative estimate of drug-likeness (QED) is 0.883. The van der Waals surface area contributed by atoms with Crippen molar-refractivity contribution in [1.29, 1.82) is 0 Å². The summed E-state index contributed by atoms with van der Waals surface area (Å²) in [6.45, 7) is 5.24. The van der Waals surface area contributed by atoms with Crippen molar-refractivity contribution in [3.05, 3.63) is 24.3 Å². The first kappa shape index (κ1) is 12.9. The number of anilines is 1. The van der Waals surface area contributed by atoms with Gasteiger partial charge in [-0.2, -0.15) is 0 Å². The van der Waals surface area contributed by atoms with Gasteiger partial charge >= 0.3 is 0 Å². The lowest BCUT2D eigenvalue weighted by Crippen LogP contribution is -2.25. The Labute approximate surface area is 108 Å². The number of hydrogen-bond acceptors (Lipinski definition) is 3. The second-order valence-electron chi connectivity index (χ2n) is 4.97. The van der Waals surface area contributed by atoms with Crippen LogP contribution in [-0.2, 0) is 4.79 Å². The van der Waals surface area contributed by atoms with Crippen LogP contribution < -0.4 is 15.4 Å². The van der Waals surface area contributed by atoms with Crippen molar-refractivity contribution in [2.45, 2.75) is 26.4 Å². The molecular weight excluding hydrogens is 228 g/mol. The van der Waals surface area contributed by atoms with E-state index in [0.717, 1.165) is 11.4 Å². The van der Waals surface area contributed by atoms with Crippen LogP contribution in [0.5, 0.6) is 5.75 Å². The minimum atomic E-state index is 0.131. The van der Waals surface area contributed by atoms with E-state index in [-0.39, 0.29) is 17.9 Å². The Morgan fingerprint density at radius 1 is 1.50 bits per heavy atom. The Morgan fingerprint density at radius 3 is 2.89 bits per heavy atom. The second-order valence-corrected chi connectivity index (χ2v) is 4.97. The molecule has 0 aromatic heterocycles. The molecule has 1 aromatic rings. The van der Waals surface area contributed by atoms with E-state index in [0.29, 0.717) is 19.5 Å². The molecule has 2 N–H and O–H groups in total. The molecule has 98 valence electrons. The Bertz CT molecular complexity index is 432. The molecule has 0 aliphatic carbocycles. The molecule has 1 atom stereocenters. The highest BCUT2D eigenvalue weighted by Gasteiger charge is 2.29. The lowest BCUT2D eigenvalue weighted by Gasteiger charge is -2.18. The second kappa shape index (κ2) is 5.40. The summed E-state index contributed by atoms with van der Waals surface area (Å²) in [6, 6.07) is 7.67. The van der Waals surface area contributed by atoms with Gasteiger partial charge < -0.3 is 15.4 Å². The van der Waals surface area contributed by atoms with E-state index in [1.165, 1.54) is 0 Å². The van der Waals surface area contributed by atoms with Crippen molar-refractivity contribution in [3.63, 3.8) is 0 Å². The van der Waals surface area contributed by atoms with Gasteiger partial charge in [-0.05, 0) is 38.4 Å². The number of nitrogens with two attached hydrogens (primary N) is 1. The van der Waals surface area contributed by atoms with E-state index >= 15 is 0 Å². The molecule has 0 radical (unpaired) electrons. The molecule has 4 nitrogen and oxygen atoms in total. The molecule has 1 heterocycles. The largest absolute Gasteiger partial charge is 0.491 e. The molecule has 1 amide bonds. The van der Waals surface area contributed by atoms with Crippen LogP contribution in [-0.4, -0.2) is 25.1 Å². The smallest absolute Gasteiger partial charge is 0.227 e.